The molecular weight excluding hydrogens is 270 g/mol. The predicted octanol–water partition coefficient (Wildman–Crippen LogP) is 3.46. The molecule has 0 aliphatic carbocycles. The zero-order valence-corrected chi connectivity index (χ0v) is 13.6. The summed E-state index contributed by atoms with van der Waals surface area (Å²) in [6, 6.07) is 0. The Morgan fingerprint density at radius 1 is 1.45 bits per heavy atom. The molecule has 0 saturated carbocycles. The molecule has 0 radical (unpaired) electrons. The van der Waals surface area contributed by atoms with Crippen molar-refractivity contribution < 1.29 is 4.74 Å². The van der Waals surface area contributed by atoms with Crippen molar-refractivity contribution in [3.8, 4) is 5.88 Å². The molecule has 0 aromatic carbocycles. The molecule has 2 rings (SSSR count). The van der Waals surface area contributed by atoms with Gasteiger partial charge in [0.2, 0.25) is 0 Å². The average Bonchev–Trinajstić information content (AvgIpc) is 2.91. The molecule has 0 N–H and O–H groups in total. The van der Waals surface area contributed by atoms with Crippen molar-refractivity contribution in [1.29, 1.82) is 0 Å². The molecule has 1 unspecified atom stereocenters. The van der Waals surface area contributed by atoms with Crippen LogP contribution >= 0.6 is 11.7 Å². The van der Waals surface area contributed by atoms with Crippen molar-refractivity contribution in [2.45, 2.75) is 39.5 Å². The maximum atomic E-state index is 5.84. The molecule has 0 saturated heterocycles. The van der Waals surface area contributed by atoms with Crippen molar-refractivity contribution in [2.75, 3.05) is 26.7 Å². The van der Waals surface area contributed by atoms with Crippen LogP contribution in [0.1, 0.15) is 45.2 Å². The summed E-state index contributed by atoms with van der Waals surface area (Å²) in [5, 5.41) is 0. The Bertz CT molecular complexity index is 444. The first-order chi connectivity index (χ1) is 9.70. The summed E-state index contributed by atoms with van der Waals surface area (Å²) in [5.74, 6) is 1.50. The number of ether oxygens (including phenoxy) is 1. The number of rotatable bonds is 7. The molecule has 0 fully saturated rings. The summed E-state index contributed by atoms with van der Waals surface area (Å²) in [4.78, 5) is 2.31. The van der Waals surface area contributed by atoms with E-state index in [2.05, 4.69) is 40.6 Å². The van der Waals surface area contributed by atoms with Gasteiger partial charge in [0.1, 0.15) is 5.69 Å². The molecule has 1 aliphatic heterocycles. The minimum absolute atomic E-state index is 0.723. The van der Waals surface area contributed by atoms with Gasteiger partial charge in [0.05, 0.1) is 18.3 Å². The lowest BCUT2D eigenvalue weighted by Gasteiger charge is -2.22. The van der Waals surface area contributed by atoms with Gasteiger partial charge in [0.15, 0.2) is 0 Å². The van der Waals surface area contributed by atoms with Gasteiger partial charge in [-0.2, -0.15) is 4.37 Å². The summed E-state index contributed by atoms with van der Waals surface area (Å²) in [6.07, 6.45) is 6.89. The molecule has 0 bridgehead atoms. The zero-order chi connectivity index (χ0) is 14.4. The van der Waals surface area contributed by atoms with E-state index in [1.165, 1.54) is 30.1 Å². The molecule has 1 aromatic rings. The van der Waals surface area contributed by atoms with Gasteiger partial charge in [0.25, 0.3) is 5.88 Å². The van der Waals surface area contributed by atoms with Crippen molar-refractivity contribution in [3.05, 3.63) is 11.8 Å². The van der Waals surface area contributed by atoms with Gasteiger partial charge in [-0.1, -0.05) is 26.3 Å². The third kappa shape index (κ3) is 4.28. The second-order valence-electron chi connectivity index (χ2n) is 5.68. The highest BCUT2D eigenvalue weighted by atomic mass is 32.1. The van der Waals surface area contributed by atoms with Crippen LogP contribution in [0.25, 0.3) is 5.57 Å². The highest BCUT2D eigenvalue weighted by Crippen LogP contribution is 2.27. The van der Waals surface area contributed by atoms with Crippen molar-refractivity contribution in [1.82, 2.24) is 13.6 Å². The van der Waals surface area contributed by atoms with E-state index < -0.39 is 0 Å². The maximum Gasteiger partial charge on any atom is 0.253 e. The molecular formula is C15H25N3OS. The van der Waals surface area contributed by atoms with Gasteiger partial charge >= 0.3 is 0 Å². The maximum absolute atomic E-state index is 5.84. The van der Waals surface area contributed by atoms with Gasteiger partial charge in [0, 0.05) is 13.1 Å². The normalized spacial score (nSPS) is 17.9. The van der Waals surface area contributed by atoms with E-state index in [0.29, 0.717) is 0 Å². The van der Waals surface area contributed by atoms with Gasteiger partial charge in [-0.3, -0.25) is 0 Å². The van der Waals surface area contributed by atoms with Crippen LogP contribution in [-0.4, -0.2) is 40.4 Å². The zero-order valence-electron chi connectivity index (χ0n) is 12.8. The number of nitrogens with zero attached hydrogens (tertiary/aromatic N) is 3. The summed E-state index contributed by atoms with van der Waals surface area (Å²) in [5.41, 5.74) is 2.20. The van der Waals surface area contributed by atoms with Crippen LogP contribution in [0.2, 0.25) is 0 Å². The average molecular weight is 295 g/mol. The smallest absolute Gasteiger partial charge is 0.253 e. The van der Waals surface area contributed by atoms with Gasteiger partial charge in [-0.25, -0.2) is 0 Å². The lowest BCUT2D eigenvalue weighted by Crippen LogP contribution is -2.25. The molecule has 2 heterocycles. The fourth-order valence-electron chi connectivity index (χ4n) is 2.34. The summed E-state index contributed by atoms with van der Waals surface area (Å²) in [7, 11) is 2.14. The molecule has 0 spiro atoms. The van der Waals surface area contributed by atoms with Crippen LogP contribution in [0.5, 0.6) is 5.88 Å². The number of hydrogen-bond acceptors (Lipinski definition) is 5. The van der Waals surface area contributed by atoms with Crippen LogP contribution in [-0.2, 0) is 0 Å². The molecule has 112 valence electrons. The van der Waals surface area contributed by atoms with Crippen LogP contribution in [0.15, 0.2) is 6.08 Å². The van der Waals surface area contributed by atoms with Crippen LogP contribution < -0.4 is 4.74 Å². The van der Waals surface area contributed by atoms with E-state index in [-0.39, 0.29) is 0 Å². The number of hydrogen-bond donors (Lipinski definition) is 0. The summed E-state index contributed by atoms with van der Waals surface area (Å²) < 4.78 is 14.6. The summed E-state index contributed by atoms with van der Waals surface area (Å²) in [6.45, 7) is 7.32. The van der Waals surface area contributed by atoms with E-state index >= 15 is 0 Å². The van der Waals surface area contributed by atoms with Gasteiger partial charge in [-0.05, 0) is 37.8 Å². The first-order valence-corrected chi connectivity index (χ1v) is 8.27. The van der Waals surface area contributed by atoms with E-state index in [1.807, 2.05) is 0 Å². The number of aromatic nitrogens is 2. The van der Waals surface area contributed by atoms with E-state index in [0.717, 1.165) is 50.0 Å². The number of likely N-dealkylation sites (N-methyl/N-ethyl adjacent to an activating group) is 1. The third-order valence-corrected chi connectivity index (χ3v) is 4.39. The second kappa shape index (κ2) is 7.74. The molecule has 1 aliphatic rings. The Morgan fingerprint density at radius 3 is 3.05 bits per heavy atom. The third-order valence-electron chi connectivity index (χ3n) is 3.88. The van der Waals surface area contributed by atoms with Gasteiger partial charge < -0.3 is 9.64 Å². The molecule has 4 nitrogen and oxygen atoms in total. The predicted molar refractivity (Wildman–Crippen MR) is 84.2 cm³/mol. The Hall–Kier alpha value is -0.940. The Balaban J connectivity index is 1.87. The second-order valence-corrected chi connectivity index (χ2v) is 6.21. The molecule has 1 atom stereocenters. The van der Waals surface area contributed by atoms with Gasteiger partial charge in [-0.15, -0.1) is 4.37 Å². The Morgan fingerprint density at radius 2 is 2.30 bits per heavy atom. The van der Waals surface area contributed by atoms with E-state index in [1.54, 1.807) is 0 Å². The van der Waals surface area contributed by atoms with Crippen LogP contribution in [0.4, 0.5) is 0 Å². The first-order valence-electron chi connectivity index (χ1n) is 7.54. The minimum atomic E-state index is 0.723. The van der Waals surface area contributed by atoms with Crippen LogP contribution in [0, 0.1) is 5.92 Å². The standard InChI is InChI=1S/C15H25N3OS/c1-4-12(2)7-6-10-19-15-14(16-20-17-15)13-8-5-9-18(3)11-13/h8,12H,4-7,9-11H2,1-3H3. The molecule has 1 aromatic heterocycles. The highest BCUT2D eigenvalue weighted by molar-refractivity contribution is 6.99. The Labute approximate surface area is 126 Å². The highest BCUT2D eigenvalue weighted by Gasteiger charge is 2.18. The Kier molecular flexibility index (Phi) is 5.98. The fourth-order valence-corrected chi connectivity index (χ4v) is 2.87. The molecule has 5 heteroatoms. The quantitative estimate of drug-likeness (QED) is 0.722. The topological polar surface area (TPSA) is 38.3 Å². The summed E-state index contributed by atoms with van der Waals surface area (Å²) >= 11 is 1.25. The van der Waals surface area contributed by atoms with Crippen LogP contribution in [0.3, 0.4) is 0 Å². The van der Waals surface area contributed by atoms with Crippen molar-refractivity contribution in [2.24, 2.45) is 5.92 Å². The van der Waals surface area contributed by atoms with E-state index in [9.17, 15) is 0 Å². The molecule has 0 amide bonds. The van der Waals surface area contributed by atoms with E-state index in [4.69, 9.17) is 4.74 Å². The largest absolute Gasteiger partial charge is 0.475 e. The lowest BCUT2D eigenvalue weighted by molar-refractivity contribution is 0.284. The molecule has 20 heavy (non-hydrogen) atoms. The SMILES string of the molecule is CCC(C)CCCOc1nsnc1C1=CCCN(C)C1. The lowest BCUT2D eigenvalue weighted by atomic mass is 10.0. The minimum Gasteiger partial charge on any atom is -0.475 e. The fraction of sp³-hybridized carbons (Fsp3) is 0.733. The monoisotopic (exact) mass is 295 g/mol. The van der Waals surface area contributed by atoms with Crippen molar-refractivity contribution >= 4 is 17.3 Å². The van der Waals surface area contributed by atoms with Crippen molar-refractivity contribution in [3.63, 3.8) is 0 Å². The first kappa shape index (κ1) is 15.4.